The van der Waals surface area contributed by atoms with Crippen molar-refractivity contribution >= 4 is 24.0 Å². The lowest BCUT2D eigenvalue weighted by molar-refractivity contribution is 0.119. The minimum atomic E-state index is -0.757. The Kier molecular flexibility index (Phi) is 7.02. The molecule has 0 aromatic heterocycles. The fourth-order valence-corrected chi connectivity index (χ4v) is 1.80. The molecule has 1 rings (SSSR count). The Balaban J connectivity index is 0.00000256. The topological polar surface area (TPSA) is 46.2 Å². The summed E-state index contributed by atoms with van der Waals surface area (Å²) in [6, 6.07) is 3.90. The van der Waals surface area contributed by atoms with Crippen LogP contribution in [0.4, 0.5) is 4.39 Å². The number of benzene rings is 1. The van der Waals surface area contributed by atoms with Crippen molar-refractivity contribution in [2.75, 3.05) is 0 Å². The van der Waals surface area contributed by atoms with Gasteiger partial charge in [0.05, 0.1) is 17.2 Å². The average Bonchev–Trinajstić information content (AvgIpc) is 2.20. The maximum Gasteiger partial charge on any atom is 0.146 e. The lowest BCUT2D eigenvalue weighted by Crippen LogP contribution is -2.28. The van der Waals surface area contributed by atoms with Gasteiger partial charge in [0.1, 0.15) is 5.82 Å². The van der Waals surface area contributed by atoms with Gasteiger partial charge in [-0.05, 0) is 18.4 Å². The first kappa shape index (κ1) is 16.6. The molecule has 0 aliphatic heterocycles. The minimum Gasteiger partial charge on any atom is -0.391 e. The molecule has 2 atom stereocenters. The molecule has 5 heteroatoms. The first-order valence-electron chi connectivity index (χ1n) is 5.31. The number of rotatable bonds is 4. The van der Waals surface area contributed by atoms with Crippen molar-refractivity contribution in [1.82, 2.24) is 0 Å². The monoisotopic (exact) mass is 281 g/mol. The molecule has 0 saturated carbocycles. The summed E-state index contributed by atoms with van der Waals surface area (Å²) in [6.45, 7) is 3.95. The van der Waals surface area contributed by atoms with Crippen LogP contribution in [0.25, 0.3) is 0 Å². The summed E-state index contributed by atoms with van der Waals surface area (Å²) < 4.78 is 13.6. The van der Waals surface area contributed by atoms with Gasteiger partial charge in [-0.3, -0.25) is 0 Å². The fourth-order valence-electron chi connectivity index (χ4n) is 1.61. The molecule has 0 fully saturated rings. The van der Waals surface area contributed by atoms with Crippen molar-refractivity contribution in [1.29, 1.82) is 0 Å². The molecule has 3 N–H and O–H groups in total. The SMILES string of the molecule is CC(C)C[C@H](O)[C@H](N)c1cccc(Cl)c1F.Cl. The van der Waals surface area contributed by atoms with Crippen LogP contribution in [-0.4, -0.2) is 11.2 Å². The Labute approximate surface area is 112 Å². The molecule has 0 bridgehead atoms. The van der Waals surface area contributed by atoms with E-state index in [0.29, 0.717) is 12.3 Å². The van der Waals surface area contributed by atoms with E-state index >= 15 is 0 Å². The molecule has 0 amide bonds. The molecular weight excluding hydrogens is 264 g/mol. The predicted molar refractivity (Wildman–Crippen MR) is 71.0 cm³/mol. The zero-order valence-corrected chi connectivity index (χ0v) is 11.4. The van der Waals surface area contributed by atoms with Crippen LogP contribution < -0.4 is 5.73 Å². The van der Waals surface area contributed by atoms with E-state index in [0.717, 1.165) is 0 Å². The van der Waals surface area contributed by atoms with Crippen molar-refractivity contribution in [3.8, 4) is 0 Å². The van der Waals surface area contributed by atoms with Crippen molar-refractivity contribution in [2.24, 2.45) is 11.7 Å². The summed E-state index contributed by atoms with van der Waals surface area (Å²) in [5.41, 5.74) is 6.07. The second-order valence-corrected chi connectivity index (χ2v) is 4.77. The number of aliphatic hydroxyl groups excluding tert-OH is 1. The summed E-state index contributed by atoms with van der Waals surface area (Å²) in [5.74, 6) is -0.234. The van der Waals surface area contributed by atoms with E-state index in [4.69, 9.17) is 17.3 Å². The van der Waals surface area contributed by atoms with Crippen LogP contribution in [0, 0.1) is 11.7 Å². The van der Waals surface area contributed by atoms with Gasteiger partial charge in [-0.2, -0.15) is 0 Å². The van der Waals surface area contributed by atoms with Gasteiger partial charge in [-0.25, -0.2) is 4.39 Å². The van der Waals surface area contributed by atoms with Crippen LogP contribution in [0.5, 0.6) is 0 Å². The number of hydrogen-bond donors (Lipinski definition) is 2. The van der Waals surface area contributed by atoms with E-state index in [1.807, 2.05) is 13.8 Å². The average molecular weight is 282 g/mol. The molecule has 0 aliphatic rings. The van der Waals surface area contributed by atoms with Gasteiger partial charge in [-0.1, -0.05) is 37.6 Å². The van der Waals surface area contributed by atoms with Crippen LogP contribution in [0.2, 0.25) is 5.02 Å². The minimum absolute atomic E-state index is 0. The third-order valence-electron chi connectivity index (χ3n) is 2.47. The predicted octanol–water partition coefficient (Wildman–Crippen LogP) is 3.31. The van der Waals surface area contributed by atoms with Crippen molar-refractivity contribution < 1.29 is 9.50 Å². The van der Waals surface area contributed by atoms with Crippen LogP contribution in [0.3, 0.4) is 0 Å². The Morgan fingerprint density at radius 2 is 2.00 bits per heavy atom. The molecular formula is C12H18Cl2FNO. The van der Waals surface area contributed by atoms with Crippen LogP contribution in [0.1, 0.15) is 31.9 Å². The number of hydrogen-bond acceptors (Lipinski definition) is 2. The summed E-state index contributed by atoms with van der Waals surface area (Å²) >= 11 is 5.66. The Morgan fingerprint density at radius 1 is 1.41 bits per heavy atom. The van der Waals surface area contributed by atoms with E-state index in [9.17, 15) is 9.50 Å². The quantitative estimate of drug-likeness (QED) is 0.890. The van der Waals surface area contributed by atoms with Gasteiger partial charge in [0.15, 0.2) is 0 Å². The van der Waals surface area contributed by atoms with E-state index in [1.165, 1.54) is 6.07 Å². The molecule has 1 aromatic carbocycles. The van der Waals surface area contributed by atoms with Crippen molar-refractivity contribution in [2.45, 2.75) is 32.4 Å². The van der Waals surface area contributed by atoms with E-state index in [1.54, 1.807) is 12.1 Å². The van der Waals surface area contributed by atoms with Crippen LogP contribution in [0.15, 0.2) is 18.2 Å². The molecule has 0 saturated heterocycles. The molecule has 0 spiro atoms. The van der Waals surface area contributed by atoms with E-state index in [-0.39, 0.29) is 23.0 Å². The van der Waals surface area contributed by atoms with Gasteiger partial charge < -0.3 is 10.8 Å². The molecule has 98 valence electrons. The summed E-state index contributed by atoms with van der Waals surface area (Å²) in [4.78, 5) is 0. The van der Waals surface area contributed by atoms with Crippen LogP contribution in [-0.2, 0) is 0 Å². The third kappa shape index (κ3) is 4.43. The zero-order chi connectivity index (χ0) is 12.3. The number of halogens is 3. The van der Waals surface area contributed by atoms with E-state index in [2.05, 4.69) is 0 Å². The highest BCUT2D eigenvalue weighted by atomic mass is 35.5. The Hall–Kier alpha value is -0.350. The third-order valence-corrected chi connectivity index (χ3v) is 2.76. The number of aliphatic hydroxyl groups is 1. The summed E-state index contributed by atoms with van der Waals surface area (Å²) in [6.07, 6.45) is -0.222. The maximum absolute atomic E-state index is 13.6. The van der Waals surface area contributed by atoms with Gasteiger partial charge >= 0.3 is 0 Å². The van der Waals surface area contributed by atoms with Gasteiger partial charge in [-0.15, -0.1) is 12.4 Å². The standard InChI is InChI=1S/C12H17ClFNO.ClH/c1-7(2)6-10(16)12(15)8-4-3-5-9(13)11(8)14;/h3-5,7,10,12,16H,6,15H2,1-2H3;1H/t10-,12+;/m0./s1. The molecule has 1 aromatic rings. The van der Waals surface area contributed by atoms with E-state index < -0.39 is 18.0 Å². The summed E-state index contributed by atoms with van der Waals surface area (Å²) in [5, 5.41) is 9.85. The smallest absolute Gasteiger partial charge is 0.146 e. The molecule has 17 heavy (non-hydrogen) atoms. The largest absolute Gasteiger partial charge is 0.391 e. The second kappa shape index (κ2) is 7.17. The van der Waals surface area contributed by atoms with Gasteiger partial charge in [0.25, 0.3) is 0 Å². The highest BCUT2D eigenvalue weighted by Crippen LogP contribution is 2.25. The first-order valence-corrected chi connectivity index (χ1v) is 5.68. The van der Waals surface area contributed by atoms with Crippen LogP contribution >= 0.6 is 24.0 Å². The molecule has 0 heterocycles. The Morgan fingerprint density at radius 3 is 2.53 bits per heavy atom. The Bertz CT molecular complexity index is 360. The molecule has 0 radical (unpaired) electrons. The summed E-state index contributed by atoms with van der Waals surface area (Å²) in [7, 11) is 0. The fraction of sp³-hybridized carbons (Fsp3) is 0.500. The number of nitrogens with two attached hydrogens (primary N) is 1. The van der Waals surface area contributed by atoms with Gasteiger partial charge in [0, 0.05) is 5.56 Å². The second-order valence-electron chi connectivity index (χ2n) is 4.37. The lowest BCUT2D eigenvalue weighted by atomic mass is 9.95. The molecule has 2 nitrogen and oxygen atoms in total. The maximum atomic E-state index is 13.6. The highest BCUT2D eigenvalue weighted by molar-refractivity contribution is 6.30. The normalized spacial score (nSPS) is 14.3. The molecule has 0 unspecified atom stereocenters. The zero-order valence-electron chi connectivity index (χ0n) is 9.86. The van der Waals surface area contributed by atoms with Gasteiger partial charge in [0.2, 0.25) is 0 Å². The lowest BCUT2D eigenvalue weighted by Gasteiger charge is -2.21. The first-order chi connectivity index (χ1) is 7.43. The van der Waals surface area contributed by atoms with Crippen molar-refractivity contribution in [3.05, 3.63) is 34.6 Å². The highest BCUT2D eigenvalue weighted by Gasteiger charge is 2.21. The molecule has 0 aliphatic carbocycles. The van der Waals surface area contributed by atoms with Crippen molar-refractivity contribution in [3.63, 3.8) is 0 Å².